The van der Waals surface area contributed by atoms with Crippen molar-refractivity contribution in [2.75, 3.05) is 38.2 Å². The lowest BCUT2D eigenvalue weighted by atomic mass is 10.1. The van der Waals surface area contributed by atoms with Gasteiger partial charge in [-0.25, -0.2) is 4.79 Å². The number of ether oxygens (including phenoxy) is 2. The van der Waals surface area contributed by atoms with Crippen LogP contribution in [0.15, 0.2) is 24.3 Å². The SMILES string of the molecule is CCCCCCCCCCOC(=O)Nc1ccc(OCCN(CC)CC)cc1.Cl. The molecule has 6 heteroatoms. The van der Waals surface area contributed by atoms with E-state index in [1.165, 1.54) is 38.5 Å². The van der Waals surface area contributed by atoms with Gasteiger partial charge in [-0.05, 0) is 43.8 Å². The van der Waals surface area contributed by atoms with Crippen molar-refractivity contribution < 1.29 is 14.3 Å². The van der Waals surface area contributed by atoms with Gasteiger partial charge in [0.1, 0.15) is 12.4 Å². The summed E-state index contributed by atoms with van der Waals surface area (Å²) in [5.74, 6) is 0.810. The van der Waals surface area contributed by atoms with Gasteiger partial charge in [0.25, 0.3) is 0 Å². The molecule has 1 aromatic rings. The molecule has 0 atom stereocenters. The fourth-order valence-corrected chi connectivity index (χ4v) is 3.02. The smallest absolute Gasteiger partial charge is 0.411 e. The van der Waals surface area contributed by atoms with E-state index >= 15 is 0 Å². The molecule has 0 radical (unpaired) electrons. The summed E-state index contributed by atoms with van der Waals surface area (Å²) in [6, 6.07) is 7.42. The number of amides is 1. The molecule has 1 rings (SSSR count). The van der Waals surface area contributed by atoms with E-state index in [0.717, 1.165) is 43.9 Å². The molecular formula is C23H41ClN2O3. The predicted molar refractivity (Wildman–Crippen MR) is 125 cm³/mol. The average Bonchev–Trinajstić information content (AvgIpc) is 2.71. The first-order chi connectivity index (χ1) is 13.7. The maximum absolute atomic E-state index is 11.8. The number of benzene rings is 1. The first kappa shape index (κ1) is 27.5. The minimum absolute atomic E-state index is 0. The average molecular weight is 429 g/mol. The first-order valence-electron chi connectivity index (χ1n) is 11.1. The third-order valence-electron chi connectivity index (χ3n) is 4.90. The number of hydrogen-bond acceptors (Lipinski definition) is 4. The van der Waals surface area contributed by atoms with Gasteiger partial charge in [-0.1, -0.05) is 65.7 Å². The van der Waals surface area contributed by atoms with Crippen molar-refractivity contribution in [1.82, 2.24) is 4.90 Å². The lowest BCUT2D eigenvalue weighted by Gasteiger charge is -2.18. The van der Waals surface area contributed by atoms with Gasteiger partial charge in [-0.3, -0.25) is 5.32 Å². The second kappa shape index (κ2) is 18.6. The molecule has 0 fully saturated rings. The molecule has 1 aromatic carbocycles. The first-order valence-corrected chi connectivity index (χ1v) is 11.1. The summed E-state index contributed by atoms with van der Waals surface area (Å²) < 4.78 is 11.0. The molecule has 0 unspecified atom stereocenters. The number of nitrogens with one attached hydrogen (secondary N) is 1. The molecule has 5 nitrogen and oxygen atoms in total. The molecule has 0 aromatic heterocycles. The normalized spacial score (nSPS) is 10.5. The summed E-state index contributed by atoms with van der Waals surface area (Å²) in [6.07, 6.45) is 9.47. The topological polar surface area (TPSA) is 50.8 Å². The molecule has 0 spiro atoms. The zero-order chi connectivity index (χ0) is 20.5. The van der Waals surface area contributed by atoms with Crippen LogP contribution in [-0.2, 0) is 4.74 Å². The van der Waals surface area contributed by atoms with E-state index in [1.807, 2.05) is 24.3 Å². The predicted octanol–water partition coefficient (Wildman–Crippen LogP) is 6.52. The fraction of sp³-hybridized carbons (Fsp3) is 0.696. The van der Waals surface area contributed by atoms with Gasteiger partial charge in [0.15, 0.2) is 0 Å². The number of likely N-dealkylation sites (N-methyl/N-ethyl adjacent to an activating group) is 1. The van der Waals surface area contributed by atoms with Crippen molar-refractivity contribution in [3.8, 4) is 5.75 Å². The maximum atomic E-state index is 11.8. The van der Waals surface area contributed by atoms with Gasteiger partial charge in [-0.2, -0.15) is 0 Å². The van der Waals surface area contributed by atoms with Crippen LogP contribution in [-0.4, -0.2) is 43.8 Å². The van der Waals surface area contributed by atoms with Crippen LogP contribution in [0.1, 0.15) is 72.1 Å². The van der Waals surface area contributed by atoms with Crippen molar-refractivity contribution in [3.05, 3.63) is 24.3 Å². The van der Waals surface area contributed by atoms with Gasteiger partial charge in [-0.15, -0.1) is 12.4 Å². The van der Waals surface area contributed by atoms with Crippen molar-refractivity contribution in [2.45, 2.75) is 72.1 Å². The van der Waals surface area contributed by atoms with Crippen LogP contribution < -0.4 is 10.1 Å². The van der Waals surface area contributed by atoms with E-state index in [2.05, 4.69) is 31.0 Å². The molecule has 0 bridgehead atoms. The number of unbranched alkanes of at least 4 members (excludes halogenated alkanes) is 7. The van der Waals surface area contributed by atoms with E-state index < -0.39 is 6.09 Å². The Morgan fingerprint density at radius 1 is 0.862 bits per heavy atom. The van der Waals surface area contributed by atoms with Crippen molar-refractivity contribution in [2.24, 2.45) is 0 Å². The van der Waals surface area contributed by atoms with E-state index in [9.17, 15) is 4.79 Å². The summed E-state index contributed by atoms with van der Waals surface area (Å²) in [7, 11) is 0. The Hall–Kier alpha value is -1.46. The minimum Gasteiger partial charge on any atom is -0.492 e. The number of rotatable bonds is 16. The number of nitrogens with zero attached hydrogens (tertiary/aromatic N) is 1. The van der Waals surface area contributed by atoms with Crippen molar-refractivity contribution in [3.63, 3.8) is 0 Å². The third-order valence-corrected chi connectivity index (χ3v) is 4.90. The molecule has 1 amide bonds. The molecule has 1 N–H and O–H groups in total. The molecule has 0 saturated heterocycles. The summed E-state index contributed by atoms with van der Waals surface area (Å²) >= 11 is 0. The molecule has 29 heavy (non-hydrogen) atoms. The van der Waals surface area contributed by atoms with Crippen molar-refractivity contribution >= 4 is 24.2 Å². The number of hydrogen-bond donors (Lipinski definition) is 1. The number of carbonyl (C=O) groups is 1. The summed E-state index contributed by atoms with van der Waals surface area (Å²) in [6.45, 7) is 10.7. The lowest BCUT2D eigenvalue weighted by Crippen LogP contribution is -2.27. The van der Waals surface area contributed by atoms with Crippen LogP contribution in [0.2, 0.25) is 0 Å². The van der Waals surface area contributed by atoms with Gasteiger partial charge >= 0.3 is 6.09 Å². The highest BCUT2D eigenvalue weighted by molar-refractivity contribution is 5.85. The zero-order valence-corrected chi connectivity index (χ0v) is 19.4. The Morgan fingerprint density at radius 3 is 2.03 bits per heavy atom. The fourth-order valence-electron chi connectivity index (χ4n) is 3.02. The molecule has 0 saturated carbocycles. The number of carbonyl (C=O) groups excluding carboxylic acids is 1. The number of anilines is 1. The zero-order valence-electron chi connectivity index (χ0n) is 18.6. The Labute approximate surface area is 183 Å². The van der Waals surface area contributed by atoms with Gasteiger partial charge in [0.05, 0.1) is 6.61 Å². The van der Waals surface area contributed by atoms with E-state index in [0.29, 0.717) is 13.2 Å². The second-order valence-corrected chi connectivity index (χ2v) is 7.14. The van der Waals surface area contributed by atoms with Crippen molar-refractivity contribution in [1.29, 1.82) is 0 Å². The third kappa shape index (κ3) is 14.2. The maximum Gasteiger partial charge on any atom is 0.411 e. The Morgan fingerprint density at radius 2 is 1.45 bits per heavy atom. The quantitative estimate of drug-likeness (QED) is 0.304. The van der Waals surface area contributed by atoms with E-state index in [1.54, 1.807) is 0 Å². The summed E-state index contributed by atoms with van der Waals surface area (Å²) in [4.78, 5) is 14.2. The molecule has 0 aliphatic heterocycles. The Bertz CT molecular complexity index is 507. The van der Waals surface area contributed by atoms with Gasteiger partial charge in [0.2, 0.25) is 0 Å². The molecule has 0 aliphatic rings. The lowest BCUT2D eigenvalue weighted by molar-refractivity contribution is 0.159. The van der Waals surface area contributed by atoms with Gasteiger partial charge < -0.3 is 14.4 Å². The minimum atomic E-state index is -0.391. The number of halogens is 1. The Kier molecular flexibility index (Phi) is 17.6. The monoisotopic (exact) mass is 428 g/mol. The van der Waals surface area contributed by atoms with Crippen LogP contribution in [0, 0.1) is 0 Å². The Balaban J connectivity index is 0.00000784. The van der Waals surface area contributed by atoms with Crippen LogP contribution in [0.3, 0.4) is 0 Å². The van der Waals surface area contributed by atoms with Gasteiger partial charge in [0, 0.05) is 12.2 Å². The molecule has 0 aliphatic carbocycles. The van der Waals surface area contributed by atoms with Crippen LogP contribution >= 0.6 is 12.4 Å². The summed E-state index contributed by atoms with van der Waals surface area (Å²) in [5, 5.41) is 2.76. The highest BCUT2D eigenvalue weighted by Crippen LogP contribution is 2.16. The van der Waals surface area contributed by atoms with E-state index in [4.69, 9.17) is 9.47 Å². The second-order valence-electron chi connectivity index (χ2n) is 7.14. The highest BCUT2D eigenvalue weighted by Gasteiger charge is 2.04. The van der Waals surface area contributed by atoms with Crippen LogP contribution in [0.25, 0.3) is 0 Å². The van der Waals surface area contributed by atoms with E-state index in [-0.39, 0.29) is 12.4 Å². The van der Waals surface area contributed by atoms with Crippen LogP contribution in [0.4, 0.5) is 10.5 Å². The molecule has 168 valence electrons. The molecule has 0 heterocycles. The summed E-state index contributed by atoms with van der Waals surface area (Å²) in [5.41, 5.74) is 0.719. The molecular weight excluding hydrogens is 388 g/mol. The standard InChI is InChI=1S/C23H40N2O3.ClH/c1-4-7-8-9-10-11-12-13-19-28-23(26)24-21-14-16-22(17-15-21)27-20-18-25(5-2)6-3;/h14-17H,4-13,18-20H2,1-3H3,(H,24,26);1H. The largest absolute Gasteiger partial charge is 0.492 e. The van der Waals surface area contributed by atoms with Crippen LogP contribution in [0.5, 0.6) is 5.75 Å². The highest BCUT2D eigenvalue weighted by atomic mass is 35.5.